The molecule has 3 unspecified atom stereocenters. The zero-order valence-corrected chi connectivity index (χ0v) is 12.8. The number of hydrogen-bond acceptors (Lipinski definition) is 5. The van der Waals surface area contributed by atoms with Gasteiger partial charge in [-0.2, -0.15) is 0 Å². The van der Waals surface area contributed by atoms with Crippen molar-refractivity contribution in [3.8, 4) is 5.75 Å². The Morgan fingerprint density at radius 2 is 2.14 bits per heavy atom. The van der Waals surface area contributed by atoms with Crippen LogP contribution in [0.5, 0.6) is 5.75 Å². The summed E-state index contributed by atoms with van der Waals surface area (Å²) in [5.41, 5.74) is 0.0645. The van der Waals surface area contributed by atoms with Gasteiger partial charge in [0.1, 0.15) is 23.5 Å². The maximum absolute atomic E-state index is 11.4. The van der Waals surface area contributed by atoms with E-state index in [9.17, 15) is 15.0 Å². The standard InChI is InChI=1S/C15H19NO4S/c1-15(2)13(16-8-21-7-10(16)14(18)19)12(17)9-5-3-4-6-11(9)20-15/h3-6,10,12-13,17H,7-8H2,1-2H3,(H,18,19). The summed E-state index contributed by atoms with van der Waals surface area (Å²) >= 11 is 1.57. The molecule has 3 rings (SSSR count). The predicted octanol–water partition coefficient (Wildman–Crippen LogP) is 1.72. The van der Waals surface area contributed by atoms with E-state index in [0.717, 1.165) is 5.56 Å². The van der Waals surface area contributed by atoms with Crippen LogP contribution in [0.1, 0.15) is 25.5 Å². The molecule has 0 spiro atoms. The highest BCUT2D eigenvalue weighted by atomic mass is 32.2. The minimum atomic E-state index is -0.846. The lowest BCUT2D eigenvalue weighted by atomic mass is 9.84. The van der Waals surface area contributed by atoms with Gasteiger partial charge in [-0.25, -0.2) is 0 Å². The highest BCUT2D eigenvalue weighted by molar-refractivity contribution is 7.99. The van der Waals surface area contributed by atoms with Crippen molar-refractivity contribution >= 4 is 17.7 Å². The van der Waals surface area contributed by atoms with Crippen LogP contribution in [0.15, 0.2) is 24.3 Å². The van der Waals surface area contributed by atoms with Gasteiger partial charge < -0.3 is 14.9 Å². The van der Waals surface area contributed by atoms with Gasteiger partial charge >= 0.3 is 5.97 Å². The van der Waals surface area contributed by atoms with Crippen molar-refractivity contribution in [3.05, 3.63) is 29.8 Å². The van der Waals surface area contributed by atoms with E-state index in [-0.39, 0.29) is 6.04 Å². The van der Waals surface area contributed by atoms with E-state index in [1.165, 1.54) is 0 Å². The molecule has 0 amide bonds. The first-order valence-corrected chi connectivity index (χ1v) is 8.09. The number of ether oxygens (including phenoxy) is 1. The molecule has 114 valence electrons. The molecule has 0 radical (unpaired) electrons. The number of carbonyl (C=O) groups is 1. The van der Waals surface area contributed by atoms with Crippen molar-refractivity contribution < 1.29 is 19.7 Å². The van der Waals surface area contributed by atoms with Crippen LogP contribution >= 0.6 is 11.8 Å². The highest BCUT2D eigenvalue weighted by Gasteiger charge is 2.50. The Hall–Kier alpha value is -1.24. The number of fused-ring (bicyclic) bond motifs is 1. The summed E-state index contributed by atoms with van der Waals surface area (Å²) < 4.78 is 6.04. The molecule has 0 aliphatic carbocycles. The zero-order valence-electron chi connectivity index (χ0n) is 12.0. The molecular formula is C15H19NO4S. The largest absolute Gasteiger partial charge is 0.486 e. The van der Waals surface area contributed by atoms with Crippen LogP contribution < -0.4 is 4.74 Å². The molecule has 1 saturated heterocycles. The smallest absolute Gasteiger partial charge is 0.321 e. The van der Waals surface area contributed by atoms with Crippen LogP contribution in [-0.4, -0.2) is 50.4 Å². The van der Waals surface area contributed by atoms with Crippen LogP contribution in [0.25, 0.3) is 0 Å². The van der Waals surface area contributed by atoms with Crippen LogP contribution in [-0.2, 0) is 4.79 Å². The summed E-state index contributed by atoms with van der Waals surface area (Å²) in [6.45, 7) is 3.80. The molecule has 0 bridgehead atoms. The van der Waals surface area contributed by atoms with Gasteiger partial charge in [0.25, 0.3) is 0 Å². The molecule has 1 fully saturated rings. The Morgan fingerprint density at radius 1 is 1.43 bits per heavy atom. The van der Waals surface area contributed by atoms with E-state index in [1.807, 2.05) is 43.0 Å². The quantitative estimate of drug-likeness (QED) is 0.867. The number of aliphatic carboxylic acids is 1. The van der Waals surface area contributed by atoms with Gasteiger partial charge in [0.15, 0.2) is 0 Å². The van der Waals surface area contributed by atoms with Gasteiger partial charge in [-0.3, -0.25) is 9.69 Å². The molecule has 2 heterocycles. The Bertz CT molecular complexity index is 562. The summed E-state index contributed by atoms with van der Waals surface area (Å²) in [5, 5.41) is 20.2. The fourth-order valence-electron chi connectivity index (χ4n) is 3.24. The summed E-state index contributed by atoms with van der Waals surface area (Å²) in [6, 6.07) is 6.43. The Kier molecular flexibility index (Phi) is 3.63. The van der Waals surface area contributed by atoms with E-state index in [1.54, 1.807) is 11.8 Å². The first-order valence-electron chi connectivity index (χ1n) is 6.94. The van der Waals surface area contributed by atoms with Crippen molar-refractivity contribution in [1.29, 1.82) is 0 Å². The van der Waals surface area contributed by atoms with Crippen LogP contribution in [0.4, 0.5) is 0 Å². The molecule has 0 aromatic heterocycles. The van der Waals surface area contributed by atoms with Gasteiger partial charge in [0.2, 0.25) is 0 Å². The topological polar surface area (TPSA) is 70.0 Å². The highest BCUT2D eigenvalue weighted by Crippen LogP contribution is 2.44. The molecule has 2 aliphatic heterocycles. The number of hydrogen-bond donors (Lipinski definition) is 2. The number of aliphatic hydroxyl groups is 1. The predicted molar refractivity (Wildman–Crippen MR) is 80.5 cm³/mol. The second-order valence-electron chi connectivity index (χ2n) is 6.00. The summed E-state index contributed by atoms with van der Waals surface area (Å²) in [6.07, 6.45) is -0.759. The van der Waals surface area contributed by atoms with Crippen LogP contribution in [0, 0.1) is 0 Å². The molecule has 6 heteroatoms. The lowest BCUT2D eigenvalue weighted by molar-refractivity contribution is -0.147. The normalized spacial score (nSPS) is 31.5. The van der Waals surface area contributed by atoms with E-state index in [0.29, 0.717) is 17.4 Å². The minimum Gasteiger partial charge on any atom is -0.486 e. The Labute approximate surface area is 127 Å². The van der Waals surface area contributed by atoms with E-state index in [2.05, 4.69) is 0 Å². The maximum atomic E-state index is 11.4. The lowest BCUT2D eigenvalue weighted by Gasteiger charge is -2.47. The summed E-state index contributed by atoms with van der Waals surface area (Å²) in [7, 11) is 0. The number of rotatable bonds is 2. The molecule has 3 atom stereocenters. The number of nitrogens with zero attached hydrogens (tertiary/aromatic N) is 1. The lowest BCUT2D eigenvalue weighted by Crippen LogP contribution is -2.60. The first-order chi connectivity index (χ1) is 9.92. The molecule has 1 aromatic rings. The van der Waals surface area contributed by atoms with Gasteiger partial charge in [-0.1, -0.05) is 18.2 Å². The zero-order chi connectivity index (χ0) is 15.2. The second kappa shape index (κ2) is 5.19. The van der Waals surface area contributed by atoms with Crippen molar-refractivity contribution in [3.63, 3.8) is 0 Å². The minimum absolute atomic E-state index is 0.386. The van der Waals surface area contributed by atoms with Gasteiger partial charge in [-0.15, -0.1) is 11.8 Å². The monoisotopic (exact) mass is 309 g/mol. The summed E-state index contributed by atoms with van der Waals surface area (Å²) in [4.78, 5) is 13.3. The van der Waals surface area contributed by atoms with E-state index in [4.69, 9.17) is 4.74 Å². The number of aliphatic hydroxyl groups excluding tert-OH is 1. The average Bonchev–Trinajstić information content (AvgIpc) is 2.86. The Morgan fingerprint density at radius 3 is 2.86 bits per heavy atom. The number of benzene rings is 1. The second-order valence-corrected chi connectivity index (χ2v) is 7.00. The third-order valence-electron chi connectivity index (χ3n) is 4.18. The number of carboxylic acids is 1. The Balaban J connectivity index is 2.00. The molecular weight excluding hydrogens is 290 g/mol. The van der Waals surface area contributed by atoms with Crippen LogP contribution in [0.3, 0.4) is 0 Å². The third kappa shape index (κ3) is 2.41. The molecule has 2 aliphatic rings. The fourth-order valence-corrected chi connectivity index (χ4v) is 4.45. The molecule has 2 N–H and O–H groups in total. The number of carboxylic acid groups (broad SMARTS) is 1. The van der Waals surface area contributed by atoms with Crippen molar-refractivity contribution in [2.45, 2.75) is 37.6 Å². The molecule has 1 aromatic carbocycles. The third-order valence-corrected chi connectivity index (χ3v) is 5.21. The van der Waals surface area contributed by atoms with E-state index >= 15 is 0 Å². The molecule has 21 heavy (non-hydrogen) atoms. The number of para-hydroxylation sites is 1. The van der Waals surface area contributed by atoms with Crippen LogP contribution in [0.2, 0.25) is 0 Å². The van der Waals surface area contributed by atoms with Gasteiger partial charge in [0.05, 0.1) is 6.04 Å². The van der Waals surface area contributed by atoms with Crippen molar-refractivity contribution in [2.24, 2.45) is 0 Å². The van der Waals surface area contributed by atoms with Crippen molar-refractivity contribution in [1.82, 2.24) is 4.90 Å². The maximum Gasteiger partial charge on any atom is 0.321 e. The SMILES string of the molecule is CC1(C)Oc2ccccc2C(O)C1N1CSCC1C(=O)O. The number of thioether (sulfide) groups is 1. The van der Waals surface area contributed by atoms with E-state index < -0.39 is 23.7 Å². The first kappa shape index (κ1) is 14.7. The van der Waals surface area contributed by atoms with Gasteiger partial charge in [0, 0.05) is 17.2 Å². The fraction of sp³-hybridized carbons (Fsp3) is 0.533. The van der Waals surface area contributed by atoms with Crippen molar-refractivity contribution in [2.75, 3.05) is 11.6 Å². The average molecular weight is 309 g/mol. The summed E-state index contributed by atoms with van der Waals surface area (Å²) in [5.74, 6) is 0.955. The molecule has 0 saturated carbocycles. The molecule has 5 nitrogen and oxygen atoms in total. The van der Waals surface area contributed by atoms with Gasteiger partial charge in [-0.05, 0) is 19.9 Å².